The normalized spacial score (nSPS) is 9.75. The Morgan fingerprint density at radius 3 is 1.56 bits per heavy atom. The van der Waals surface area contributed by atoms with Crippen LogP contribution in [0.2, 0.25) is 0 Å². The summed E-state index contributed by atoms with van der Waals surface area (Å²) in [5.74, 6) is 0. The molecule has 2 aromatic heterocycles. The zero-order chi connectivity index (χ0) is 11.4. The van der Waals surface area contributed by atoms with Crippen LogP contribution in [0.25, 0.3) is 11.4 Å². The Bertz CT molecular complexity index is 489. The summed E-state index contributed by atoms with van der Waals surface area (Å²) in [4.78, 5) is 29.3. The van der Waals surface area contributed by atoms with E-state index < -0.39 is 0 Å². The quantitative estimate of drug-likeness (QED) is 0.727. The van der Waals surface area contributed by atoms with Crippen LogP contribution in [0.1, 0.15) is 21.0 Å². The number of aromatic nitrogens is 2. The summed E-state index contributed by atoms with van der Waals surface area (Å²) in [6.45, 7) is 0. The van der Waals surface area contributed by atoms with Gasteiger partial charge in [0.1, 0.15) is 11.4 Å². The number of rotatable bonds is 3. The Hall–Kier alpha value is -2.36. The number of carbonyl (C=O) groups is 2. The summed E-state index contributed by atoms with van der Waals surface area (Å²) in [7, 11) is 0. The van der Waals surface area contributed by atoms with Crippen LogP contribution in [-0.2, 0) is 0 Å². The van der Waals surface area contributed by atoms with E-state index in [2.05, 4.69) is 9.97 Å². The highest BCUT2D eigenvalue weighted by atomic mass is 16.1. The van der Waals surface area contributed by atoms with Gasteiger partial charge in [-0.3, -0.25) is 9.59 Å². The van der Waals surface area contributed by atoms with Gasteiger partial charge in [0.15, 0.2) is 12.6 Å². The van der Waals surface area contributed by atoms with Gasteiger partial charge < -0.3 is 0 Å². The van der Waals surface area contributed by atoms with Gasteiger partial charge in [-0.25, -0.2) is 9.97 Å². The van der Waals surface area contributed by atoms with Gasteiger partial charge >= 0.3 is 0 Å². The minimum atomic E-state index is 0.343. The molecule has 0 spiro atoms. The second kappa shape index (κ2) is 4.44. The lowest BCUT2D eigenvalue weighted by molar-refractivity contribution is 0.111. The SMILES string of the molecule is O=Cc1cccc(-c2cccc(C=O)n2)n1. The summed E-state index contributed by atoms with van der Waals surface area (Å²) in [5, 5.41) is 0. The minimum Gasteiger partial charge on any atom is -0.296 e. The second-order valence-electron chi connectivity index (χ2n) is 3.13. The zero-order valence-corrected chi connectivity index (χ0v) is 8.33. The van der Waals surface area contributed by atoms with Crippen molar-refractivity contribution < 1.29 is 9.59 Å². The summed E-state index contributed by atoms with van der Waals surface area (Å²) in [5.41, 5.74) is 1.84. The van der Waals surface area contributed by atoms with Crippen molar-refractivity contribution in [3.8, 4) is 11.4 Å². The molecule has 0 N–H and O–H groups in total. The predicted molar refractivity (Wildman–Crippen MR) is 58.2 cm³/mol. The van der Waals surface area contributed by atoms with Crippen molar-refractivity contribution in [3.63, 3.8) is 0 Å². The number of hydrogen-bond acceptors (Lipinski definition) is 4. The van der Waals surface area contributed by atoms with E-state index in [1.165, 1.54) is 0 Å². The molecule has 0 aliphatic carbocycles. The number of nitrogens with zero attached hydrogens (tertiary/aromatic N) is 2. The molecule has 0 unspecified atom stereocenters. The summed E-state index contributed by atoms with van der Waals surface area (Å²) in [6, 6.07) is 10.1. The molecule has 4 heteroatoms. The fourth-order valence-corrected chi connectivity index (χ4v) is 1.32. The number of pyridine rings is 2. The smallest absolute Gasteiger partial charge is 0.168 e. The number of hydrogen-bond donors (Lipinski definition) is 0. The molecule has 0 saturated carbocycles. The molecule has 0 saturated heterocycles. The van der Waals surface area contributed by atoms with E-state index >= 15 is 0 Å². The van der Waals surface area contributed by atoms with Crippen LogP contribution < -0.4 is 0 Å². The molecular weight excluding hydrogens is 204 g/mol. The van der Waals surface area contributed by atoms with Gasteiger partial charge in [0, 0.05) is 0 Å². The van der Waals surface area contributed by atoms with Gasteiger partial charge in [-0.15, -0.1) is 0 Å². The predicted octanol–water partition coefficient (Wildman–Crippen LogP) is 1.77. The maximum Gasteiger partial charge on any atom is 0.168 e. The molecule has 16 heavy (non-hydrogen) atoms. The topological polar surface area (TPSA) is 59.9 Å². The van der Waals surface area contributed by atoms with Crippen molar-refractivity contribution in [1.29, 1.82) is 0 Å². The van der Waals surface area contributed by atoms with E-state index in [1.54, 1.807) is 36.4 Å². The molecule has 0 bridgehead atoms. The van der Waals surface area contributed by atoms with Crippen LogP contribution in [0, 0.1) is 0 Å². The highest BCUT2D eigenvalue weighted by Gasteiger charge is 2.02. The van der Waals surface area contributed by atoms with Crippen molar-refractivity contribution in [2.45, 2.75) is 0 Å². The highest BCUT2D eigenvalue weighted by molar-refractivity contribution is 5.75. The molecule has 4 nitrogen and oxygen atoms in total. The van der Waals surface area contributed by atoms with Crippen molar-refractivity contribution in [1.82, 2.24) is 9.97 Å². The molecule has 2 heterocycles. The molecule has 0 aromatic carbocycles. The van der Waals surface area contributed by atoms with Crippen LogP contribution in [0.4, 0.5) is 0 Å². The lowest BCUT2D eigenvalue weighted by atomic mass is 10.2. The monoisotopic (exact) mass is 212 g/mol. The molecular formula is C12H8N2O2. The molecule has 0 fully saturated rings. The largest absolute Gasteiger partial charge is 0.296 e. The maximum atomic E-state index is 10.6. The van der Waals surface area contributed by atoms with E-state index in [0.717, 1.165) is 0 Å². The van der Waals surface area contributed by atoms with Crippen molar-refractivity contribution in [3.05, 3.63) is 47.8 Å². The third-order valence-electron chi connectivity index (χ3n) is 2.05. The van der Waals surface area contributed by atoms with Crippen LogP contribution in [0.15, 0.2) is 36.4 Å². The first kappa shape index (κ1) is 10.2. The van der Waals surface area contributed by atoms with Crippen LogP contribution in [0.3, 0.4) is 0 Å². The van der Waals surface area contributed by atoms with E-state index in [4.69, 9.17) is 0 Å². The molecule has 78 valence electrons. The first-order chi connectivity index (χ1) is 7.83. The number of aldehydes is 2. The Labute approximate surface area is 92.0 Å². The van der Waals surface area contributed by atoms with Crippen LogP contribution in [0.5, 0.6) is 0 Å². The van der Waals surface area contributed by atoms with Gasteiger partial charge in [0.25, 0.3) is 0 Å². The van der Waals surface area contributed by atoms with E-state index in [-0.39, 0.29) is 0 Å². The molecule has 2 aromatic rings. The third kappa shape index (κ3) is 2.00. The Morgan fingerprint density at radius 1 is 0.750 bits per heavy atom. The average molecular weight is 212 g/mol. The maximum absolute atomic E-state index is 10.6. The first-order valence-electron chi connectivity index (χ1n) is 4.68. The van der Waals surface area contributed by atoms with Gasteiger partial charge in [-0.2, -0.15) is 0 Å². The van der Waals surface area contributed by atoms with E-state index in [0.29, 0.717) is 35.3 Å². The van der Waals surface area contributed by atoms with Gasteiger partial charge in [-0.1, -0.05) is 12.1 Å². The summed E-state index contributed by atoms with van der Waals surface area (Å²) >= 11 is 0. The number of carbonyl (C=O) groups excluding carboxylic acids is 2. The van der Waals surface area contributed by atoms with Crippen molar-refractivity contribution >= 4 is 12.6 Å². The standard InChI is InChI=1S/C12H8N2O2/c15-7-9-3-1-5-11(13-9)12-6-2-4-10(8-16)14-12/h1-8H. The fourth-order valence-electron chi connectivity index (χ4n) is 1.32. The van der Waals surface area contributed by atoms with Gasteiger partial charge in [-0.05, 0) is 24.3 Å². The second-order valence-corrected chi connectivity index (χ2v) is 3.13. The fraction of sp³-hybridized carbons (Fsp3) is 0. The van der Waals surface area contributed by atoms with Crippen LogP contribution in [-0.4, -0.2) is 22.5 Å². The van der Waals surface area contributed by atoms with Crippen molar-refractivity contribution in [2.24, 2.45) is 0 Å². The Balaban J connectivity index is 2.49. The van der Waals surface area contributed by atoms with Gasteiger partial charge in [0.05, 0.1) is 11.4 Å². The molecule has 0 atom stereocenters. The first-order valence-corrected chi connectivity index (χ1v) is 4.68. The van der Waals surface area contributed by atoms with E-state index in [9.17, 15) is 9.59 Å². The highest BCUT2D eigenvalue weighted by Crippen LogP contribution is 2.14. The lowest BCUT2D eigenvalue weighted by Gasteiger charge is -2.00. The summed E-state index contributed by atoms with van der Waals surface area (Å²) in [6.07, 6.45) is 1.35. The molecule has 2 rings (SSSR count). The zero-order valence-electron chi connectivity index (χ0n) is 8.33. The van der Waals surface area contributed by atoms with E-state index in [1.807, 2.05) is 0 Å². The molecule has 0 amide bonds. The van der Waals surface area contributed by atoms with Crippen LogP contribution >= 0.6 is 0 Å². The Morgan fingerprint density at radius 2 is 1.19 bits per heavy atom. The van der Waals surface area contributed by atoms with Crippen molar-refractivity contribution in [2.75, 3.05) is 0 Å². The minimum absolute atomic E-state index is 0.343. The molecule has 0 aliphatic rings. The Kier molecular flexibility index (Phi) is 2.82. The lowest BCUT2D eigenvalue weighted by Crippen LogP contribution is -1.94. The van der Waals surface area contributed by atoms with Gasteiger partial charge in [0.2, 0.25) is 0 Å². The average Bonchev–Trinajstić information content (AvgIpc) is 2.39. The molecule has 0 radical (unpaired) electrons. The summed E-state index contributed by atoms with van der Waals surface area (Å²) < 4.78 is 0. The third-order valence-corrected chi connectivity index (χ3v) is 2.05. The molecule has 0 aliphatic heterocycles.